The first-order chi connectivity index (χ1) is 9.61. The van der Waals surface area contributed by atoms with Gasteiger partial charge in [-0.25, -0.2) is 4.79 Å². The molecule has 4 nitrogen and oxygen atoms in total. The van der Waals surface area contributed by atoms with Crippen molar-refractivity contribution in [3.05, 3.63) is 59.7 Å². The van der Waals surface area contributed by atoms with Crippen LogP contribution in [0.4, 0.5) is 0 Å². The van der Waals surface area contributed by atoms with Gasteiger partial charge in [-0.2, -0.15) is 0 Å². The Morgan fingerprint density at radius 1 is 1.10 bits per heavy atom. The molecule has 0 fully saturated rings. The fraction of sp³-hybridized carbons (Fsp3) is 0.125. The van der Waals surface area contributed by atoms with Crippen LogP contribution in [0.15, 0.2) is 48.5 Å². The molecule has 0 amide bonds. The lowest BCUT2D eigenvalue weighted by Crippen LogP contribution is -2.04. The molecule has 0 heterocycles. The lowest BCUT2D eigenvalue weighted by atomic mass is 9.97. The Morgan fingerprint density at radius 3 is 2.55 bits per heavy atom. The van der Waals surface area contributed by atoms with Crippen molar-refractivity contribution in [2.24, 2.45) is 0 Å². The molecule has 0 saturated heterocycles. The highest BCUT2D eigenvalue weighted by molar-refractivity contribution is 5.97. The molecule has 0 unspecified atom stereocenters. The number of benzene rings is 2. The summed E-state index contributed by atoms with van der Waals surface area (Å²) in [5, 5.41) is 8.84. The second-order valence-corrected chi connectivity index (χ2v) is 4.31. The largest absolute Gasteiger partial charge is 0.481 e. The van der Waals surface area contributed by atoms with E-state index in [9.17, 15) is 9.59 Å². The summed E-state index contributed by atoms with van der Waals surface area (Å²) in [6.45, 7) is 0. The van der Waals surface area contributed by atoms with E-state index in [2.05, 4.69) is 0 Å². The van der Waals surface area contributed by atoms with Gasteiger partial charge in [-0.15, -0.1) is 0 Å². The predicted octanol–water partition coefficient (Wildman–Crippen LogP) is 2.77. The van der Waals surface area contributed by atoms with Gasteiger partial charge in [0.05, 0.1) is 19.1 Å². The topological polar surface area (TPSA) is 63.6 Å². The summed E-state index contributed by atoms with van der Waals surface area (Å²) in [5.74, 6) is -1.30. The van der Waals surface area contributed by atoms with E-state index in [-0.39, 0.29) is 6.42 Å². The molecule has 2 aromatic rings. The second-order valence-electron chi connectivity index (χ2n) is 4.31. The molecule has 0 aliphatic carbocycles. The minimum absolute atomic E-state index is 0.0474. The monoisotopic (exact) mass is 270 g/mol. The maximum atomic E-state index is 11.8. The smallest absolute Gasteiger partial charge is 0.338 e. The third-order valence-corrected chi connectivity index (χ3v) is 2.93. The Hall–Kier alpha value is -2.62. The van der Waals surface area contributed by atoms with Gasteiger partial charge in [0.1, 0.15) is 0 Å². The summed E-state index contributed by atoms with van der Waals surface area (Å²) in [5.41, 5.74) is 2.67. The van der Waals surface area contributed by atoms with Crippen molar-refractivity contribution in [3.63, 3.8) is 0 Å². The second kappa shape index (κ2) is 6.02. The van der Waals surface area contributed by atoms with Crippen molar-refractivity contribution in [1.82, 2.24) is 0 Å². The summed E-state index contributed by atoms with van der Waals surface area (Å²) in [6.07, 6.45) is -0.0474. The van der Waals surface area contributed by atoms with Crippen LogP contribution in [-0.2, 0) is 16.0 Å². The average molecular weight is 270 g/mol. The van der Waals surface area contributed by atoms with Crippen LogP contribution < -0.4 is 0 Å². The Labute approximate surface area is 116 Å². The first-order valence-electron chi connectivity index (χ1n) is 6.10. The average Bonchev–Trinajstić information content (AvgIpc) is 2.46. The molecule has 2 rings (SSSR count). The third kappa shape index (κ3) is 3.03. The van der Waals surface area contributed by atoms with E-state index in [1.165, 1.54) is 7.11 Å². The predicted molar refractivity (Wildman–Crippen MR) is 74.6 cm³/mol. The zero-order valence-corrected chi connectivity index (χ0v) is 11.0. The van der Waals surface area contributed by atoms with E-state index in [1.807, 2.05) is 18.2 Å². The number of carbonyl (C=O) groups is 2. The number of carboxylic acids is 1. The molecule has 20 heavy (non-hydrogen) atoms. The summed E-state index contributed by atoms with van der Waals surface area (Å²) in [6, 6.07) is 14.2. The summed E-state index contributed by atoms with van der Waals surface area (Å²) in [7, 11) is 1.33. The van der Waals surface area contributed by atoms with Gasteiger partial charge in [0.25, 0.3) is 0 Å². The number of carboxylic acid groups (broad SMARTS) is 1. The molecule has 4 heteroatoms. The highest BCUT2D eigenvalue weighted by Gasteiger charge is 2.13. The van der Waals surface area contributed by atoms with E-state index in [0.717, 1.165) is 11.1 Å². The Kier molecular flexibility index (Phi) is 4.15. The normalized spacial score (nSPS) is 10.1. The molecule has 2 aromatic carbocycles. The van der Waals surface area contributed by atoms with Crippen molar-refractivity contribution in [2.75, 3.05) is 7.11 Å². The van der Waals surface area contributed by atoms with Gasteiger partial charge >= 0.3 is 11.9 Å². The number of aliphatic carboxylic acids is 1. The van der Waals surface area contributed by atoms with Crippen molar-refractivity contribution >= 4 is 11.9 Å². The SMILES string of the molecule is COC(=O)c1ccccc1-c1cccc(CC(=O)O)c1. The number of rotatable bonds is 4. The van der Waals surface area contributed by atoms with Gasteiger partial charge in [0.15, 0.2) is 0 Å². The molecule has 0 aliphatic heterocycles. The Bertz CT molecular complexity index is 646. The lowest BCUT2D eigenvalue weighted by Gasteiger charge is -2.09. The maximum Gasteiger partial charge on any atom is 0.338 e. The van der Waals surface area contributed by atoms with Crippen LogP contribution in [-0.4, -0.2) is 24.2 Å². The highest BCUT2D eigenvalue weighted by Crippen LogP contribution is 2.25. The van der Waals surface area contributed by atoms with Gasteiger partial charge in [0, 0.05) is 0 Å². The molecule has 0 radical (unpaired) electrons. The lowest BCUT2D eigenvalue weighted by molar-refractivity contribution is -0.136. The van der Waals surface area contributed by atoms with Gasteiger partial charge < -0.3 is 9.84 Å². The molecule has 0 aromatic heterocycles. The Balaban J connectivity index is 2.46. The minimum Gasteiger partial charge on any atom is -0.481 e. The molecule has 0 spiro atoms. The van der Waals surface area contributed by atoms with Crippen molar-refractivity contribution in [3.8, 4) is 11.1 Å². The first-order valence-corrected chi connectivity index (χ1v) is 6.10. The van der Waals surface area contributed by atoms with Crippen molar-refractivity contribution in [2.45, 2.75) is 6.42 Å². The standard InChI is InChI=1S/C16H14O4/c1-20-16(19)14-8-3-2-7-13(14)12-6-4-5-11(9-12)10-15(17)18/h2-9H,10H2,1H3,(H,17,18). The molecule has 0 aliphatic rings. The zero-order chi connectivity index (χ0) is 14.5. The number of hydrogen-bond donors (Lipinski definition) is 1. The van der Waals surface area contributed by atoms with Crippen LogP contribution in [0.1, 0.15) is 15.9 Å². The fourth-order valence-corrected chi connectivity index (χ4v) is 2.05. The quantitative estimate of drug-likeness (QED) is 0.868. The maximum absolute atomic E-state index is 11.8. The summed E-state index contributed by atoms with van der Waals surface area (Å²) < 4.78 is 4.76. The van der Waals surface area contributed by atoms with Gasteiger partial charge in [0.2, 0.25) is 0 Å². The van der Waals surface area contributed by atoms with E-state index in [0.29, 0.717) is 11.1 Å². The third-order valence-electron chi connectivity index (χ3n) is 2.93. The first kappa shape index (κ1) is 13.8. The molecule has 0 atom stereocenters. The molecule has 0 bridgehead atoms. The highest BCUT2D eigenvalue weighted by atomic mass is 16.5. The molecule has 102 valence electrons. The van der Waals surface area contributed by atoms with Gasteiger partial charge in [-0.3, -0.25) is 4.79 Å². The van der Waals surface area contributed by atoms with E-state index in [1.54, 1.807) is 30.3 Å². The zero-order valence-electron chi connectivity index (χ0n) is 11.0. The van der Waals surface area contributed by atoms with Crippen LogP contribution in [0.2, 0.25) is 0 Å². The molecule has 0 saturated carbocycles. The molecule has 1 N–H and O–H groups in total. The van der Waals surface area contributed by atoms with Crippen LogP contribution in [0.5, 0.6) is 0 Å². The summed E-state index contributed by atoms with van der Waals surface area (Å²) >= 11 is 0. The fourth-order valence-electron chi connectivity index (χ4n) is 2.05. The molecular weight excluding hydrogens is 256 g/mol. The summed E-state index contributed by atoms with van der Waals surface area (Å²) in [4.78, 5) is 22.5. The molecular formula is C16H14O4. The Morgan fingerprint density at radius 2 is 1.85 bits per heavy atom. The van der Waals surface area contributed by atoms with E-state index < -0.39 is 11.9 Å². The minimum atomic E-state index is -0.886. The van der Waals surface area contributed by atoms with Gasteiger partial charge in [-0.05, 0) is 22.8 Å². The number of esters is 1. The number of ether oxygens (including phenoxy) is 1. The van der Waals surface area contributed by atoms with Crippen LogP contribution in [0.3, 0.4) is 0 Å². The van der Waals surface area contributed by atoms with Crippen LogP contribution in [0, 0.1) is 0 Å². The van der Waals surface area contributed by atoms with Crippen LogP contribution >= 0.6 is 0 Å². The van der Waals surface area contributed by atoms with Crippen molar-refractivity contribution in [1.29, 1.82) is 0 Å². The number of hydrogen-bond acceptors (Lipinski definition) is 3. The van der Waals surface area contributed by atoms with Crippen LogP contribution in [0.25, 0.3) is 11.1 Å². The number of carbonyl (C=O) groups excluding carboxylic acids is 1. The number of methoxy groups -OCH3 is 1. The van der Waals surface area contributed by atoms with E-state index in [4.69, 9.17) is 9.84 Å². The van der Waals surface area contributed by atoms with Gasteiger partial charge in [-0.1, -0.05) is 42.5 Å². The van der Waals surface area contributed by atoms with Crippen molar-refractivity contribution < 1.29 is 19.4 Å². The van der Waals surface area contributed by atoms with E-state index >= 15 is 0 Å².